The van der Waals surface area contributed by atoms with Crippen LogP contribution in [-0.4, -0.2) is 52.2 Å². The summed E-state index contributed by atoms with van der Waals surface area (Å²) in [6, 6.07) is 7.55. The Labute approximate surface area is 182 Å². The second kappa shape index (κ2) is 7.60. The highest BCUT2D eigenvalue weighted by atomic mass is 19.4. The lowest BCUT2D eigenvalue weighted by molar-refractivity contribution is -0.172. The number of amides is 2. The monoisotopic (exact) mass is 448 g/mol. The molecule has 0 unspecified atom stereocenters. The van der Waals surface area contributed by atoms with Crippen molar-refractivity contribution in [2.75, 3.05) is 13.1 Å². The number of fused-ring (bicyclic) bond motifs is 1. The smallest absolute Gasteiger partial charge is 0.344 e. The minimum atomic E-state index is -4.51. The van der Waals surface area contributed by atoms with Gasteiger partial charge in [0, 0.05) is 18.7 Å². The van der Waals surface area contributed by atoms with Crippen molar-refractivity contribution in [3.8, 4) is 11.4 Å². The molecule has 7 nitrogen and oxygen atoms in total. The topological polar surface area (TPSA) is 88.3 Å². The maximum atomic E-state index is 13.1. The van der Waals surface area contributed by atoms with E-state index >= 15 is 0 Å². The van der Waals surface area contributed by atoms with E-state index in [9.17, 15) is 22.8 Å². The number of benzene rings is 1. The molecule has 0 spiro atoms. The minimum Gasteiger partial charge on any atom is -0.344 e. The normalized spacial score (nSPS) is 30.3. The first-order valence-corrected chi connectivity index (χ1v) is 10.8. The molecule has 2 saturated heterocycles. The second-order valence-electron chi connectivity index (χ2n) is 8.99. The second-order valence-corrected chi connectivity index (χ2v) is 8.99. The fraction of sp³-hybridized carbons (Fsp3) is 0.545. The number of alkyl halides is 3. The van der Waals surface area contributed by atoms with Crippen LogP contribution in [0.5, 0.6) is 0 Å². The third-order valence-electron chi connectivity index (χ3n) is 7.14. The molecule has 1 saturated carbocycles. The molecule has 3 heterocycles. The van der Waals surface area contributed by atoms with E-state index < -0.39 is 35.4 Å². The van der Waals surface area contributed by atoms with E-state index in [4.69, 9.17) is 4.52 Å². The molecular weight excluding hydrogens is 425 g/mol. The van der Waals surface area contributed by atoms with Crippen LogP contribution in [0, 0.1) is 11.8 Å². The van der Waals surface area contributed by atoms with Gasteiger partial charge in [-0.1, -0.05) is 41.9 Å². The number of halogens is 3. The van der Waals surface area contributed by atoms with Gasteiger partial charge in [0.15, 0.2) is 0 Å². The van der Waals surface area contributed by atoms with Crippen molar-refractivity contribution in [2.24, 2.45) is 11.8 Å². The van der Waals surface area contributed by atoms with Gasteiger partial charge in [-0.05, 0) is 31.6 Å². The molecule has 5 rings (SSSR count). The summed E-state index contributed by atoms with van der Waals surface area (Å²) >= 11 is 0. The molecule has 3 aliphatic rings. The number of hydrogen-bond donors (Lipinski definition) is 1. The highest BCUT2D eigenvalue weighted by Crippen LogP contribution is 2.50. The zero-order valence-electron chi connectivity index (χ0n) is 17.3. The number of nitrogens with one attached hydrogen (secondary N) is 1. The van der Waals surface area contributed by atoms with Gasteiger partial charge in [0.25, 0.3) is 0 Å². The van der Waals surface area contributed by atoms with Crippen molar-refractivity contribution in [3.63, 3.8) is 0 Å². The molecule has 1 aromatic carbocycles. The number of likely N-dealkylation sites (tertiary alicyclic amines) is 1. The average molecular weight is 448 g/mol. The summed E-state index contributed by atoms with van der Waals surface area (Å²) in [6.45, 7) is 0.772. The standard InChI is InChI=1S/C22H23F3N4O3/c23-22(24,25)16-9-8-15(18(30)26-16)19(31)29-11-14-7-4-10-21(14,12-29)20-27-17(28-32-20)13-5-2-1-3-6-13/h1-3,5-6,14-16H,4,7-12H2,(H,26,30)/t14-,15-,16-,21-/m1/s1. The van der Waals surface area contributed by atoms with Crippen LogP contribution in [0.1, 0.15) is 38.0 Å². The SMILES string of the molecule is O=C1N[C@@H](C(F)(F)F)CC[C@H]1C(=O)N1C[C@H]2CCC[C@@]2(c2nc(-c3ccccc3)no2)C1. The Bertz CT molecular complexity index is 1020. The zero-order chi connectivity index (χ0) is 22.5. The number of piperidine rings is 1. The molecule has 10 heteroatoms. The fourth-order valence-electron chi connectivity index (χ4n) is 5.45. The van der Waals surface area contributed by atoms with E-state index in [0.29, 0.717) is 24.8 Å². The Morgan fingerprint density at radius 2 is 1.97 bits per heavy atom. The molecule has 4 atom stereocenters. The van der Waals surface area contributed by atoms with Crippen molar-refractivity contribution in [1.82, 2.24) is 20.4 Å². The van der Waals surface area contributed by atoms with Gasteiger partial charge in [0.1, 0.15) is 12.0 Å². The fourth-order valence-corrected chi connectivity index (χ4v) is 5.45. The molecule has 2 aliphatic heterocycles. The van der Waals surface area contributed by atoms with Crippen LogP contribution >= 0.6 is 0 Å². The van der Waals surface area contributed by atoms with Crippen LogP contribution in [0.2, 0.25) is 0 Å². The van der Waals surface area contributed by atoms with Crippen LogP contribution in [-0.2, 0) is 15.0 Å². The minimum absolute atomic E-state index is 0.109. The maximum absolute atomic E-state index is 13.1. The first-order chi connectivity index (χ1) is 15.3. The Morgan fingerprint density at radius 1 is 1.19 bits per heavy atom. The van der Waals surface area contributed by atoms with Gasteiger partial charge in [0.05, 0.1) is 5.41 Å². The highest BCUT2D eigenvalue weighted by molar-refractivity contribution is 6.01. The van der Waals surface area contributed by atoms with Gasteiger partial charge in [-0.3, -0.25) is 9.59 Å². The van der Waals surface area contributed by atoms with Crippen LogP contribution in [0.4, 0.5) is 13.2 Å². The lowest BCUT2D eigenvalue weighted by atomic mass is 9.80. The summed E-state index contributed by atoms with van der Waals surface area (Å²) in [7, 11) is 0. The van der Waals surface area contributed by atoms with Crippen LogP contribution in [0.25, 0.3) is 11.4 Å². The third kappa shape index (κ3) is 3.45. The van der Waals surface area contributed by atoms with E-state index in [-0.39, 0.29) is 18.8 Å². The maximum Gasteiger partial charge on any atom is 0.408 e. The summed E-state index contributed by atoms with van der Waals surface area (Å²) in [5.41, 5.74) is 0.354. The van der Waals surface area contributed by atoms with Crippen molar-refractivity contribution in [3.05, 3.63) is 36.2 Å². The van der Waals surface area contributed by atoms with E-state index in [0.717, 1.165) is 24.8 Å². The number of carbonyl (C=O) groups is 2. The summed E-state index contributed by atoms with van der Waals surface area (Å²) in [6.07, 6.45) is -2.27. The first kappa shape index (κ1) is 21.0. The van der Waals surface area contributed by atoms with Gasteiger partial charge in [-0.25, -0.2) is 0 Å². The van der Waals surface area contributed by atoms with E-state index in [1.807, 2.05) is 35.6 Å². The van der Waals surface area contributed by atoms with Gasteiger partial charge in [-0.15, -0.1) is 0 Å². The quantitative estimate of drug-likeness (QED) is 0.730. The Hall–Kier alpha value is -2.91. The van der Waals surface area contributed by atoms with Crippen molar-refractivity contribution in [1.29, 1.82) is 0 Å². The first-order valence-electron chi connectivity index (χ1n) is 10.8. The number of nitrogens with zero attached hydrogens (tertiary/aromatic N) is 3. The molecule has 0 bridgehead atoms. The van der Waals surface area contributed by atoms with Gasteiger partial charge < -0.3 is 14.7 Å². The summed E-state index contributed by atoms with van der Waals surface area (Å²) < 4.78 is 44.4. The lowest BCUT2D eigenvalue weighted by Crippen LogP contribution is -2.55. The van der Waals surface area contributed by atoms with Crippen molar-refractivity contribution >= 4 is 11.8 Å². The number of carbonyl (C=O) groups excluding carboxylic acids is 2. The average Bonchev–Trinajstić information content (AvgIpc) is 3.47. The molecule has 32 heavy (non-hydrogen) atoms. The van der Waals surface area contributed by atoms with Crippen molar-refractivity contribution in [2.45, 2.75) is 49.7 Å². The van der Waals surface area contributed by atoms with Gasteiger partial charge >= 0.3 is 6.18 Å². The summed E-state index contributed by atoms with van der Waals surface area (Å²) in [5, 5.41) is 6.10. The molecular formula is C22H23F3N4O3. The van der Waals surface area contributed by atoms with Crippen LogP contribution in [0.3, 0.4) is 0 Å². The van der Waals surface area contributed by atoms with Crippen LogP contribution in [0.15, 0.2) is 34.9 Å². The Morgan fingerprint density at radius 3 is 2.69 bits per heavy atom. The predicted molar refractivity (Wildman–Crippen MR) is 106 cm³/mol. The molecule has 2 aromatic rings. The molecule has 3 fully saturated rings. The number of aromatic nitrogens is 2. The number of hydrogen-bond acceptors (Lipinski definition) is 5. The lowest BCUT2D eigenvalue weighted by Gasteiger charge is -2.32. The zero-order valence-corrected chi connectivity index (χ0v) is 17.3. The molecule has 0 radical (unpaired) electrons. The molecule has 1 N–H and O–H groups in total. The Balaban J connectivity index is 1.34. The molecule has 1 aliphatic carbocycles. The van der Waals surface area contributed by atoms with E-state index in [1.54, 1.807) is 4.90 Å². The largest absolute Gasteiger partial charge is 0.408 e. The van der Waals surface area contributed by atoms with Crippen LogP contribution < -0.4 is 5.32 Å². The molecule has 1 aromatic heterocycles. The predicted octanol–water partition coefficient (Wildman–Crippen LogP) is 3.07. The van der Waals surface area contributed by atoms with Crippen molar-refractivity contribution < 1.29 is 27.3 Å². The highest BCUT2D eigenvalue weighted by Gasteiger charge is 2.56. The number of rotatable bonds is 3. The van der Waals surface area contributed by atoms with E-state index in [2.05, 4.69) is 10.1 Å². The summed E-state index contributed by atoms with van der Waals surface area (Å²) in [5.74, 6) is -1.27. The van der Waals surface area contributed by atoms with Gasteiger partial charge in [0.2, 0.25) is 23.5 Å². The van der Waals surface area contributed by atoms with Gasteiger partial charge in [-0.2, -0.15) is 18.2 Å². The Kier molecular flexibility index (Phi) is 4.98. The van der Waals surface area contributed by atoms with E-state index in [1.165, 1.54) is 0 Å². The molecule has 2 amide bonds. The third-order valence-corrected chi connectivity index (χ3v) is 7.14. The molecule has 170 valence electrons. The summed E-state index contributed by atoms with van der Waals surface area (Å²) in [4.78, 5) is 31.7.